The van der Waals surface area contributed by atoms with E-state index in [2.05, 4.69) is 4.72 Å². The summed E-state index contributed by atoms with van der Waals surface area (Å²) in [6, 6.07) is 2.89. The Morgan fingerprint density at radius 1 is 1.38 bits per heavy atom. The van der Waals surface area contributed by atoms with Crippen LogP contribution in [-0.4, -0.2) is 32.9 Å². The Balaban J connectivity index is 3.24. The van der Waals surface area contributed by atoms with Gasteiger partial charge in [-0.3, -0.25) is 4.72 Å². The van der Waals surface area contributed by atoms with Crippen LogP contribution in [0.3, 0.4) is 0 Å². The zero-order valence-electron chi connectivity index (χ0n) is 11.8. The SMILES string of the molecule is CCC(C(N)=S)S(=O)(=O)Nc1cc(Cl)c(OC)cc1OC. The van der Waals surface area contributed by atoms with Gasteiger partial charge in [-0.2, -0.15) is 0 Å². The van der Waals surface area contributed by atoms with E-state index in [1.165, 1.54) is 26.4 Å². The second-order valence-electron chi connectivity index (χ2n) is 4.13. The number of methoxy groups -OCH3 is 2. The predicted molar refractivity (Wildman–Crippen MR) is 88.0 cm³/mol. The third-order valence-corrected chi connectivity index (χ3v) is 5.36. The molecule has 0 fully saturated rings. The number of nitrogens with one attached hydrogen (secondary N) is 1. The summed E-state index contributed by atoms with van der Waals surface area (Å²) in [4.78, 5) is -0.0939. The van der Waals surface area contributed by atoms with Gasteiger partial charge in [0.15, 0.2) is 0 Å². The Bertz CT molecular complexity index is 634. The fraction of sp³-hybridized carbons (Fsp3) is 0.417. The van der Waals surface area contributed by atoms with Crippen LogP contribution in [0.1, 0.15) is 13.3 Å². The van der Waals surface area contributed by atoms with Crippen molar-refractivity contribution >= 4 is 44.5 Å². The highest BCUT2D eigenvalue weighted by Crippen LogP contribution is 2.36. The lowest BCUT2D eigenvalue weighted by Gasteiger charge is -2.18. The van der Waals surface area contributed by atoms with Gasteiger partial charge in [0.2, 0.25) is 10.0 Å². The number of anilines is 1. The van der Waals surface area contributed by atoms with Gasteiger partial charge in [0, 0.05) is 6.07 Å². The number of hydrogen-bond acceptors (Lipinski definition) is 5. The molecule has 0 aliphatic carbocycles. The summed E-state index contributed by atoms with van der Waals surface area (Å²) in [6.45, 7) is 1.68. The molecule has 0 spiro atoms. The maximum Gasteiger partial charge on any atom is 0.242 e. The maximum absolute atomic E-state index is 12.3. The third kappa shape index (κ3) is 4.12. The van der Waals surface area contributed by atoms with Crippen LogP contribution in [0, 0.1) is 0 Å². The van der Waals surface area contributed by atoms with Crippen molar-refractivity contribution in [1.82, 2.24) is 0 Å². The molecule has 0 saturated carbocycles. The Morgan fingerprint density at radius 3 is 2.38 bits per heavy atom. The van der Waals surface area contributed by atoms with Crippen LogP contribution in [0.5, 0.6) is 11.5 Å². The van der Waals surface area contributed by atoms with Gasteiger partial charge in [0.1, 0.15) is 16.7 Å². The topological polar surface area (TPSA) is 90.7 Å². The first-order valence-corrected chi connectivity index (χ1v) is 8.32. The quantitative estimate of drug-likeness (QED) is 0.731. The molecule has 0 aliphatic heterocycles. The molecule has 9 heteroatoms. The zero-order chi connectivity index (χ0) is 16.2. The van der Waals surface area contributed by atoms with Crippen molar-refractivity contribution in [1.29, 1.82) is 0 Å². The molecule has 21 heavy (non-hydrogen) atoms. The zero-order valence-corrected chi connectivity index (χ0v) is 14.2. The summed E-state index contributed by atoms with van der Waals surface area (Å²) < 4.78 is 37.2. The summed E-state index contributed by atoms with van der Waals surface area (Å²) >= 11 is 10.8. The van der Waals surface area contributed by atoms with Crippen LogP contribution in [0.25, 0.3) is 0 Å². The molecule has 0 radical (unpaired) electrons. The molecule has 1 unspecified atom stereocenters. The minimum absolute atomic E-state index is 0.0939. The fourth-order valence-corrected chi connectivity index (χ4v) is 3.88. The Kier molecular flexibility index (Phi) is 6.06. The normalized spacial score (nSPS) is 12.6. The number of thiocarbonyl (C=S) groups is 1. The van der Waals surface area contributed by atoms with Gasteiger partial charge < -0.3 is 15.2 Å². The summed E-state index contributed by atoms with van der Waals surface area (Å²) in [5, 5.41) is -0.725. The van der Waals surface area contributed by atoms with Gasteiger partial charge in [-0.05, 0) is 12.5 Å². The van der Waals surface area contributed by atoms with Crippen LogP contribution in [0.4, 0.5) is 5.69 Å². The van der Waals surface area contributed by atoms with Gasteiger partial charge in [-0.25, -0.2) is 8.42 Å². The first kappa shape index (κ1) is 17.8. The summed E-state index contributed by atoms with van der Waals surface area (Å²) in [6.07, 6.45) is 0.261. The van der Waals surface area contributed by atoms with Crippen LogP contribution in [-0.2, 0) is 10.0 Å². The van der Waals surface area contributed by atoms with E-state index in [4.69, 9.17) is 39.0 Å². The molecule has 1 aromatic rings. The lowest BCUT2D eigenvalue weighted by Crippen LogP contribution is -2.37. The second kappa shape index (κ2) is 7.15. The van der Waals surface area contributed by atoms with Crippen LogP contribution < -0.4 is 19.9 Å². The van der Waals surface area contributed by atoms with Gasteiger partial charge in [0.25, 0.3) is 0 Å². The molecule has 0 heterocycles. The van der Waals surface area contributed by atoms with Crippen molar-refractivity contribution in [3.8, 4) is 11.5 Å². The monoisotopic (exact) mass is 352 g/mol. The molecule has 6 nitrogen and oxygen atoms in total. The average Bonchev–Trinajstić information content (AvgIpc) is 2.38. The molecule has 0 aliphatic rings. The molecule has 1 aromatic carbocycles. The van der Waals surface area contributed by atoms with E-state index in [0.717, 1.165) is 0 Å². The Hall–Kier alpha value is -1.25. The van der Waals surface area contributed by atoms with Crippen molar-refractivity contribution in [2.45, 2.75) is 18.6 Å². The first-order valence-electron chi connectivity index (χ1n) is 5.99. The number of hydrogen-bond donors (Lipinski definition) is 2. The minimum atomic E-state index is -3.79. The summed E-state index contributed by atoms with van der Waals surface area (Å²) in [7, 11) is -0.932. The molecule has 0 amide bonds. The number of rotatable bonds is 7. The van der Waals surface area contributed by atoms with Gasteiger partial charge >= 0.3 is 0 Å². The number of nitrogens with two attached hydrogens (primary N) is 1. The lowest BCUT2D eigenvalue weighted by molar-refractivity contribution is 0.396. The molecule has 1 atom stereocenters. The van der Waals surface area contributed by atoms with E-state index in [9.17, 15) is 8.42 Å². The van der Waals surface area contributed by atoms with E-state index >= 15 is 0 Å². The summed E-state index contributed by atoms with van der Waals surface area (Å²) in [5.74, 6) is 0.649. The molecular formula is C12H17ClN2O4S2. The molecular weight excluding hydrogens is 336 g/mol. The standard InChI is InChI=1S/C12H17ClN2O4S2/c1-4-11(12(14)20)21(16,17)15-8-5-7(13)9(18-2)6-10(8)19-3/h5-6,11,15H,4H2,1-3H3,(H2,14,20). The van der Waals surface area contributed by atoms with Crippen LogP contribution in [0.2, 0.25) is 5.02 Å². The minimum Gasteiger partial charge on any atom is -0.495 e. The molecule has 0 aromatic heterocycles. The number of halogens is 1. The van der Waals surface area contributed by atoms with Crippen molar-refractivity contribution in [2.24, 2.45) is 5.73 Å². The highest BCUT2D eigenvalue weighted by Gasteiger charge is 2.27. The molecule has 118 valence electrons. The third-order valence-electron chi connectivity index (χ3n) is 2.79. The maximum atomic E-state index is 12.3. The van der Waals surface area contributed by atoms with Crippen molar-refractivity contribution in [3.05, 3.63) is 17.2 Å². The predicted octanol–water partition coefficient (Wildman–Crippen LogP) is 2.16. The molecule has 0 bridgehead atoms. The largest absolute Gasteiger partial charge is 0.495 e. The van der Waals surface area contributed by atoms with Crippen molar-refractivity contribution in [3.63, 3.8) is 0 Å². The molecule has 1 rings (SSSR count). The smallest absolute Gasteiger partial charge is 0.242 e. The molecule has 3 N–H and O–H groups in total. The van der Waals surface area contributed by atoms with Crippen LogP contribution >= 0.6 is 23.8 Å². The van der Waals surface area contributed by atoms with E-state index in [0.29, 0.717) is 5.75 Å². The molecule has 0 saturated heterocycles. The Morgan fingerprint density at radius 2 is 1.95 bits per heavy atom. The second-order valence-corrected chi connectivity index (χ2v) is 6.88. The van der Waals surface area contributed by atoms with Crippen molar-refractivity contribution < 1.29 is 17.9 Å². The van der Waals surface area contributed by atoms with E-state index < -0.39 is 15.3 Å². The highest BCUT2D eigenvalue weighted by atomic mass is 35.5. The van der Waals surface area contributed by atoms with Gasteiger partial charge in [0.05, 0.1) is 29.9 Å². The van der Waals surface area contributed by atoms with Crippen molar-refractivity contribution in [2.75, 3.05) is 18.9 Å². The summed E-state index contributed by atoms with van der Waals surface area (Å²) in [5.41, 5.74) is 5.66. The van der Waals surface area contributed by atoms with Crippen LogP contribution in [0.15, 0.2) is 12.1 Å². The average molecular weight is 353 g/mol. The first-order chi connectivity index (χ1) is 9.76. The number of ether oxygens (including phenoxy) is 2. The number of sulfonamides is 1. The fourth-order valence-electron chi connectivity index (χ4n) is 1.74. The van der Waals surface area contributed by atoms with E-state index in [-0.39, 0.29) is 27.9 Å². The van der Waals surface area contributed by atoms with Gasteiger partial charge in [-0.1, -0.05) is 30.7 Å². The highest BCUT2D eigenvalue weighted by molar-refractivity contribution is 7.95. The lowest BCUT2D eigenvalue weighted by atomic mass is 10.3. The van der Waals surface area contributed by atoms with E-state index in [1.54, 1.807) is 6.92 Å². The van der Waals surface area contributed by atoms with Gasteiger partial charge in [-0.15, -0.1) is 0 Å². The number of benzene rings is 1. The van der Waals surface area contributed by atoms with E-state index in [1.807, 2.05) is 0 Å². The Labute approximate surface area is 134 Å².